The molecule has 0 atom stereocenters. The number of rotatable bonds is 6. The van der Waals surface area contributed by atoms with Gasteiger partial charge >= 0.3 is 5.97 Å². The average molecular weight is 262 g/mol. The van der Waals surface area contributed by atoms with Crippen molar-refractivity contribution in [2.45, 2.75) is 6.42 Å². The Kier molecular flexibility index (Phi) is 5.51. The maximum absolute atomic E-state index is 11.9. The number of hydrogen-bond donors (Lipinski definition) is 1. The maximum atomic E-state index is 11.9. The Morgan fingerprint density at radius 3 is 2.79 bits per heavy atom. The number of ether oxygens (including phenoxy) is 1. The van der Waals surface area contributed by atoms with E-state index >= 15 is 0 Å². The van der Waals surface area contributed by atoms with Gasteiger partial charge in [-0.05, 0) is 18.2 Å². The quantitative estimate of drug-likeness (QED) is 0.826. The Balaban J connectivity index is 2.97. The van der Waals surface area contributed by atoms with Gasteiger partial charge in [0.05, 0.1) is 18.1 Å². The first-order valence-electron chi connectivity index (χ1n) is 5.59. The zero-order chi connectivity index (χ0) is 14.3. The fourth-order valence-electron chi connectivity index (χ4n) is 1.55. The predicted molar refractivity (Wildman–Crippen MR) is 67.6 cm³/mol. The second-order valence-corrected chi connectivity index (χ2v) is 3.78. The Hall–Kier alpha value is -2.39. The van der Waals surface area contributed by atoms with E-state index in [0.29, 0.717) is 11.3 Å². The number of carbonyl (C=O) groups excluding carboxylic acids is 1. The molecule has 6 nitrogen and oxygen atoms in total. The van der Waals surface area contributed by atoms with Gasteiger partial charge in [0, 0.05) is 19.3 Å². The van der Waals surface area contributed by atoms with Crippen LogP contribution >= 0.6 is 0 Å². The molecule has 0 aliphatic heterocycles. The average Bonchev–Trinajstić information content (AvgIpc) is 2.39. The van der Waals surface area contributed by atoms with Crippen molar-refractivity contribution in [3.05, 3.63) is 29.8 Å². The van der Waals surface area contributed by atoms with Crippen molar-refractivity contribution < 1.29 is 19.4 Å². The fraction of sp³-hybridized carbons (Fsp3) is 0.308. The van der Waals surface area contributed by atoms with Crippen LogP contribution in [0.4, 0.5) is 5.69 Å². The van der Waals surface area contributed by atoms with Crippen molar-refractivity contribution >= 4 is 17.6 Å². The molecule has 1 aromatic carbocycles. The fourth-order valence-corrected chi connectivity index (χ4v) is 1.55. The number of nitriles is 1. The van der Waals surface area contributed by atoms with E-state index in [1.54, 1.807) is 18.2 Å². The van der Waals surface area contributed by atoms with Crippen LogP contribution in [0.15, 0.2) is 24.3 Å². The van der Waals surface area contributed by atoms with Gasteiger partial charge in [0.25, 0.3) is 5.91 Å². The summed E-state index contributed by atoms with van der Waals surface area (Å²) in [5.41, 5.74) is 0.894. The van der Waals surface area contributed by atoms with Crippen molar-refractivity contribution in [1.82, 2.24) is 0 Å². The van der Waals surface area contributed by atoms with E-state index in [-0.39, 0.29) is 25.5 Å². The molecule has 0 spiro atoms. The van der Waals surface area contributed by atoms with Crippen LogP contribution in [0.3, 0.4) is 0 Å². The molecular weight excluding hydrogens is 248 g/mol. The summed E-state index contributed by atoms with van der Waals surface area (Å²) in [4.78, 5) is 23.8. The molecule has 0 aliphatic rings. The van der Waals surface area contributed by atoms with E-state index < -0.39 is 5.97 Å². The first-order valence-corrected chi connectivity index (χ1v) is 5.59. The van der Waals surface area contributed by atoms with Gasteiger partial charge in [0.1, 0.15) is 6.61 Å². The number of hydrogen-bond acceptors (Lipinski definition) is 4. The molecule has 0 fully saturated rings. The van der Waals surface area contributed by atoms with Gasteiger partial charge in [-0.1, -0.05) is 6.07 Å². The molecule has 0 aliphatic carbocycles. The minimum atomic E-state index is -0.994. The minimum Gasteiger partial charge on any atom is -0.481 e. The number of amides is 1. The van der Waals surface area contributed by atoms with Crippen LogP contribution in [0.25, 0.3) is 0 Å². The summed E-state index contributed by atoms with van der Waals surface area (Å²) in [6.45, 7) is -0.108. The summed E-state index contributed by atoms with van der Waals surface area (Å²) in [5, 5.41) is 17.5. The van der Waals surface area contributed by atoms with E-state index in [4.69, 9.17) is 15.1 Å². The Morgan fingerprint density at radius 2 is 2.21 bits per heavy atom. The number of anilines is 1. The molecule has 0 radical (unpaired) electrons. The third kappa shape index (κ3) is 4.41. The molecule has 6 heteroatoms. The number of carboxylic acids is 1. The van der Waals surface area contributed by atoms with Crippen molar-refractivity contribution in [3.8, 4) is 6.07 Å². The molecule has 1 rings (SSSR count). The van der Waals surface area contributed by atoms with Crippen LogP contribution in [0.2, 0.25) is 0 Å². The highest BCUT2D eigenvalue weighted by Crippen LogP contribution is 2.16. The second kappa shape index (κ2) is 7.13. The van der Waals surface area contributed by atoms with Gasteiger partial charge in [0.15, 0.2) is 0 Å². The van der Waals surface area contributed by atoms with Gasteiger partial charge in [0.2, 0.25) is 0 Å². The van der Waals surface area contributed by atoms with E-state index in [2.05, 4.69) is 0 Å². The molecule has 0 heterocycles. The second-order valence-electron chi connectivity index (χ2n) is 3.78. The lowest BCUT2D eigenvalue weighted by atomic mass is 10.2. The maximum Gasteiger partial charge on any atom is 0.305 e. The number of benzene rings is 1. The molecule has 1 amide bonds. The summed E-state index contributed by atoms with van der Waals surface area (Å²) in [6.07, 6.45) is -0.174. The first-order chi connectivity index (χ1) is 9.08. The largest absolute Gasteiger partial charge is 0.481 e. The Labute approximate surface area is 110 Å². The minimum absolute atomic E-state index is 0.0341. The van der Waals surface area contributed by atoms with Gasteiger partial charge in [-0.25, -0.2) is 0 Å². The highest BCUT2D eigenvalue weighted by molar-refractivity contribution is 5.94. The molecule has 0 aromatic heterocycles. The number of nitrogens with zero attached hydrogens (tertiary/aromatic N) is 2. The molecule has 100 valence electrons. The topological polar surface area (TPSA) is 90.6 Å². The Morgan fingerprint density at radius 1 is 1.47 bits per heavy atom. The van der Waals surface area contributed by atoms with Crippen molar-refractivity contribution in [2.75, 3.05) is 25.2 Å². The number of carboxylic acid groups (broad SMARTS) is 1. The van der Waals surface area contributed by atoms with E-state index in [1.807, 2.05) is 6.07 Å². The number of carbonyl (C=O) groups is 2. The summed E-state index contributed by atoms with van der Waals surface area (Å²) >= 11 is 0. The SMILES string of the molecule is COCC(=O)N(CCC(=O)O)c1cccc(C#N)c1. The highest BCUT2D eigenvalue weighted by Gasteiger charge is 2.16. The molecule has 1 aromatic rings. The lowest BCUT2D eigenvalue weighted by molar-refractivity contribution is -0.136. The highest BCUT2D eigenvalue weighted by atomic mass is 16.5. The summed E-state index contributed by atoms with van der Waals surface area (Å²) in [5.74, 6) is -1.34. The Bertz CT molecular complexity index is 508. The lowest BCUT2D eigenvalue weighted by Gasteiger charge is -2.22. The standard InChI is InChI=1S/C13H14N2O4/c1-19-9-12(16)15(6-5-13(17)18)11-4-2-3-10(7-11)8-14/h2-4,7H,5-6,9H2,1H3,(H,17,18). The van der Waals surface area contributed by atoms with Crippen LogP contribution in [0.5, 0.6) is 0 Å². The molecular formula is C13H14N2O4. The van der Waals surface area contributed by atoms with E-state index in [9.17, 15) is 9.59 Å². The monoisotopic (exact) mass is 262 g/mol. The van der Waals surface area contributed by atoms with Gasteiger partial charge in [-0.3, -0.25) is 9.59 Å². The zero-order valence-electron chi connectivity index (χ0n) is 10.5. The summed E-state index contributed by atoms with van der Waals surface area (Å²) < 4.78 is 4.77. The van der Waals surface area contributed by atoms with Gasteiger partial charge < -0.3 is 14.7 Å². The lowest BCUT2D eigenvalue weighted by Crippen LogP contribution is -2.35. The van der Waals surface area contributed by atoms with Crippen LogP contribution in [-0.4, -0.2) is 37.2 Å². The van der Waals surface area contributed by atoms with Gasteiger partial charge in [-0.2, -0.15) is 5.26 Å². The van der Waals surface area contributed by atoms with Crippen LogP contribution < -0.4 is 4.90 Å². The zero-order valence-corrected chi connectivity index (χ0v) is 10.5. The molecule has 0 bridgehead atoms. The third-order valence-corrected chi connectivity index (χ3v) is 2.41. The molecule has 19 heavy (non-hydrogen) atoms. The smallest absolute Gasteiger partial charge is 0.305 e. The van der Waals surface area contributed by atoms with Crippen LogP contribution in [0, 0.1) is 11.3 Å². The third-order valence-electron chi connectivity index (χ3n) is 2.41. The van der Waals surface area contributed by atoms with Crippen LogP contribution in [0.1, 0.15) is 12.0 Å². The van der Waals surface area contributed by atoms with Crippen LogP contribution in [-0.2, 0) is 14.3 Å². The molecule has 0 saturated heterocycles. The number of aliphatic carboxylic acids is 1. The van der Waals surface area contributed by atoms with Crippen molar-refractivity contribution in [3.63, 3.8) is 0 Å². The summed E-state index contributed by atoms with van der Waals surface area (Å²) in [6, 6.07) is 8.41. The van der Waals surface area contributed by atoms with Crippen molar-refractivity contribution in [1.29, 1.82) is 5.26 Å². The van der Waals surface area contributed by atoms with Gasteiger partial charge in [-0.15, -0.1) is 0 Å². The predicted octanol–water partition coefficient (Wildman–Crippen LogP) is 1.01. The van der Waals surface area contributed by atoms with Crippen molar-refractivity contribution in [2.24, 2.45) is 0 Å². The summed E-state index contributed by atoms with van der Waals surface area (Å²) in [7, 11) is 1.39. The molecule has 0 saturated carbocycles. The number of methoxy groups -OCH3 is 1. The van der Waals surface area contributed by atoms with E-state index in [0.717, 1.165) is 0 Å². The normalized spacial score (nSPS) is 9.68. The van der Waals surface area contributed by atoms with E-state index in [1.165, 1.54) is 18.1 Å². The molecule has 0 unspecified atom stereocenters. The molecule has 1 N–H and O–H groups in total. The first kappa shape index (κ1) is 14.7.